The first-order valence-corrected chi connectivity index (χ1v) is 13.1. The number of anilines is 3. The summed E-state index contributed by atoms with van der Waals surface area (Å²) in [6, 6.07) is 8.96. The monoisotopic (exact) mass is 532 g/mol. The summed E-state index contributed by atoms with van der Waals surface area (Å²) in [5, 5.41) is 11.4. The summed E-state index contributed by atoms with van der Waals surface area (Å²) in [6.45, 7) is 6.09. The van der Waals surface area contributed by atoms with E-state index in [2.05, 4.69) is 30.2 Å². The van der Waals surface area contributed by atoms with Gasteiger partial charge in [0.15, 0.2) is 11.0 Å². The molecule has 0 saturated carbocycles. The normalized spacial score (nSPS) is 11.6. The number of halogens is 1. The Bertz CT molecular complexity index is 1470. The number of thiophene rings is 1. The van der Waals surface area contributed by atoms with Crippen LogP contribution >= 0.6 is 22.9 Å². The Kier molecular flexibility index (Phi) is 7.15. The van der Waals surface area contributed by atoms with Crippen molar-refractivity contribution in [2.45, 2.75) is 25.7 Å². The molecule has 3 heterocycles. The molecule has 10 nitrogen and oxygen atoms in total. The second kappa shape index (κ2) is 10.1. The molecule has 3 aromatic heterocycles. The maximum absolute atomic E-state index is 12.6. The van der Waals surface area contributed by atoms with E-state index in [0.717, 1.165) is 0 Å². The fraction of sp³-hybridized carbons (Fsp3) is 0.227. The number of sulfonamides is 1. The van der Waals surface area contributed by atoms with E-state index in [1.54, 1.807) is 12.1 Å². The topological polar surface area (TPSA) is 136 Å². The molecule has 0 aliphatic rings. The van der Waals surface area contributed by atoms with E-state index in [4.69, 9.17) is 16.3 Å². The maximum Gasteiger partial charge on any atom is 0.348 e. The van der Waals surface area contributed by atoms with Crippen LogP contribution in [-0.2, 0) is 14.8 Å². The lowest BCUT2D eigenvalue weighted by Gasteiger charge is -2.10. The van der Waals surface area contributed by atoms with E-state index in [-0.39, 0.29) is 21.8 Å². The van der Waals surface area contributed by atoms with E-state index >= 15 is 0 Å². The van der Waals surface area contributed by atoms with Gasteiger partial charge in [-0.15, -0.1) is 21.5 Å². The molecule has 0 fully saturated rings. The van der Waals surface area contributed by atoms with Crippen LogP contribution in [0.1, 0.15) is 29.1 Å². The molecular formula is C22H21ClN6O4S2. The summed E-state index contributed by atoms with van der Waals surface area (Å²) >= 11 is 6.93. The van der Waals surface area contributed by atoms with Crippen LogP contribution in [0.5, 0.6) is 0 Å². The van der Waals surface area contributed by atoms with E-state index in [0.29, 0.717) is 38.8 Å². The number of hydrogen-bond donors (Lipinski definition) is 2. The van der Waals surface area contributed by atoms with E-state index in [1.807, 2.05) is 20.8 Å². The Morgan fingerprint density at radius 3 is 2.51 bits per heavy atom. The van der Waals surface area contributed by atoms with Gasteiger partial charge in [0.2, 0.25) is 0 Å². The predicted molar refractivity (Wildman–Crippen MR) is 135 cm³/mol. The van der Waals surface area contributed by atoms with Crippen molar-refractivity contribution >= 4 is 66.5 Å². The number of rotatable bonds is 8. The second-order valence-corrected chi connectivity index (χ2v) is 11.0. The molecule has 0 radical (unpaired) electrons. The van der Waals surface area contributed by atoms with Gasteiger partial charge < -0.3 is 10.1 Å². The first kappa shape index (κ1) is 24.8. The van der Waals surface area contributed by atoms with Crippen molar-refractivity contribution in [3.05, 3.63) is 58.3 Å². The molecule has 0 unspecified atom stereocenters. The van der Waals surface area contributed by atoms with Gasteiger partial charge in [-0.1, -0.05) is 25.4 Å². The standard InChI is InChI=1S/C22H21ClN6O4S2/c1-12(2)10-33-22(30)19-13(3)18-20(24-11-25-21(18)34-19)26-14-4-6-15(7-5-14)35(31,32)29-17-9-8-16(23)27-28-17/h4-9,11-12H,10H2,1-3H3,(H,28,29)(H,24,25,26). The highest BCUT2D eigenvalue weighted by molar-refractivity contribution is 7.92. The molecule has 0 aliphatic heterocycles. The predicted octanol–water partition coefficient (Wildman–Crippen LogP) is 4.80. The van der Waals surface area contributed by atoms with Crippen LogP contribution < -0.4 is 10.0 Å². The Labute approximate surface area is 210 Å². The third kappa shape index (κ3) is 5.66. The van der Waals surface area contributed by atoms with Crippen molar-refractivity contribution in [1.82, 2.24) is 20.2 Å². The summed E-state index contributed by atoms with van der Waals surface area (Å²) in [7, 11) is -3.87. The lowest BCUT2D eigenvalue weighted by molar-refractivity contribution is 0.0464. The smallest absolute Gasteiger partial charge is 0.348 e. The van der Waals surface area contributed by atoms with Crippen molar-refractivity contribution in [1.29, 1.82) is 0 Å². The highest BCUT2D eigenvalue weighted by atomic mass is 35.5. The fourth-order valence-corrected chi connectivity index (χ4v) is 5.23. The molecular weight excluding hydrogens is 512 g/mol. The minimum Gasteiger partial charge on any atom is -0.461 e. The van der Waals surface area contributed by atoms with Gasteiger partial charge in [-0.3, -0.25) is 4.72 Å². The second-order valence-electron chi connectivity index (χ2n) is 7.95. The first-order chi connectivity index (χ1) is 16.6. The lowest BCUT2D eigenvalue weighted by Crippen LogP contribution is -2.14. The average Bonchev–Trinajstić information content (AvgIpc) is 3.16. The molecule has 13 heteroatoms. The molecule has 4 aromatic rings. The Hall–Kier alpha value is -3.35. The third-order valence-corrected chi connectivity index (χ3v) is 7.51. The number of carbonyl (C=O) groups is 1. The summed E-state index contributed by atoms with van der Waals surface area (Å²) in [5.74, 6) is 0.386. The average molecular weight is 533 g/mol. The summed E-state index contributed by atoms with van der Waals surface area (Å²) in [4.78, 5) is 22.3. The van der Waals surface area contributed by atoms with E-state index in [9.17, 15) is 13.2 Å². The van der Waals surface area contributed by atoms with Crippen molar-refractivity contribution < 1.29 is 17.9 Å². The van der Waals surface area contributed by atoms with Gasteiger partial charge in [-0.25, -0.2) is 23.2 Å². The number of fused-ring (bicyclic) bond motifs is 1. The zero-order valence-corrected chi connectivity index (χ0v) is 21.3. The molecule has 2 N–H and O–H groups in total. The van der Waals surface area contributed by atoms with Crippen LogP contribution in [0.15, 0.2) is 47.6 Å². The largest absolute Gasteiger partial charge is 0.461 e. The molecule has 0 amide bonds. The summed E-state index contributed by atoms with van der Waals surface area (Å²) in [6.07, 6.45) is 1.40. The van der Waals surface area contributed by atoms with Crippen molar-refractivity contribution in [2.24, 2.45) is 5.92 Å². The van der Waals surface area contributed by atoms with Crippen molar-refractivity contribution in [2.75, 3.05) is 16.6 Å². The van der Waals surface area contributed by atoms with Crippen LogP contribution in [0.2, 0.25) is 5.15 Å². The number of carbonyl (C=O) groups excluding carboxylic acids is 1. The first-order valence-electron chi connectivity index (χ1n) is 10.4. The zero-order valence-electron chi connectivity index (χ0n) is 18.9. The van der Waals surface area contributed by atoms with Crippen LogP contribution in [0.4, 0.5) is 17.3 Å². The van der Waals surface area contributed by atoms with Crippen molar-refractivity contribution in [3.8, 4) is 0 Å². The SMILES string of the molecule is Cc1c(C(=O)OCC(C)C)sc2ncnc(Nc3ccc(S(=O)(=O)Nc4ccc(Cl)nn4)cc3)c12. The number of benzene rings is 1. The molecule has 35 heavy (non-hydrogen) atoms. The molecule has 0 spiro atoms. The maximum atomic E-state index is 12.6. The molecule has 182 valence electrons. The fourth-order valence-electron chi connectivity index (χ4n) is 3.09. The summed E-state index contributed by atoms with van der Waals surface area (Å²) < 4.78 is 33.0. The highest BCUT2D eigenvalue weighted by Gasteiger charge is 2.21. The van der Waals surface area contributed by atoms with E-state index < -0.39 is 16.0 Å². The molecule has 0 bridgehead atoms. The van der Waals surface area contributed by atoms with Gasteiger partial charge in [-0.2, -0.15) is 0 Å². The minimum absolute atomic E-state index is 0.0366. The Balaban J connectivity index is 1.55. The number of aryl methyl sites for hydroxylation is 1. The number of ether oxygens (including phenoxy) is 1. The Morgan fingerprint density at radius 1 is 1.11 bits per heavy atom. The third-order valence-electron chi connectivity index (χ3n) is 4.76. The number of hydrogen-bond acceptors (Lipinski definition) is 10. The van der Waals surface area contributed by atoms with Gasteiger partial charge in [-0.05, 0) is 54.8 Å². The Morgan fingerprint density at radius 2 is 1.86 bits per heavy atom. The van der Waals surface area contributed by atoms with Crippen LogP contribution in [0, 0.1) is 12.8 Å². The molecule has 0 aliphatic carbocycles. The van der Waals surface area contributed by atoms with Gasteiger partial charge in [0.05, 0.1) is 16.9 Å². The van der Waals surface area contributed by atoms with Gasteiger partial charge in [0.1, 0.15) is 21.9 Å². The van der Waals surface area contributed by atoms with Crippen LogP contribution in [0.25, 0.3) is 10.2 Å². The van der Waals surface area contributed by atoms with Crippen LogP contribution in [-0.4, -0.2) is 41.2 Å². The van der Waals surface area contributed by atoms with Gasteiger partial charge in [0.25, 0.3) is 10.0 Å². The zero-order chi connectivity index (χ0) is 25.2. The number of nitrogens with one attached hydrogen (secondary N) is 2. The molecule has 1 aromatic carbocycles. The molecule has 0 atom stereocenters. The minimum atomic E-state index is -3.87. The summed E-state index contributed by atoms with van der Waals surface area (Å²) in [5.41, 5.74) is 1.32. The van der Waals surface area contributed by atoms with Gasteiger partial charge in [0, 0.05) is 5.69 Å². The lowest BCUT2D eigenvalue weighted by atomic mass is 10.2. The van der Waals surface area contributed by atoms with Crippen LogP contribution in [0.3, 0.4) is 0 Å². The highest BCUT2D eigenvalue weighted by Crippen LogP contribution is 2.35. The number of esters is 1. The van der Waals surface area contributed by atoms with Gasteiger partial charge >= 0.3 is 5.97 Å². The quantitative estimate of drug-likeness (QED) is 0.306. The molecule has 4 rings (SSSR count). The number of aromatic nitrogens is 4. The number of nitrogens with zero attached hydrogens (tertiary/aromatic N) is 4. The van der Waals surface area contributed by atoms with E-state index in [1.165, 1.54) is 41.9 Å². The molecule has 0 saturated heterocycles. The van der Waals surface area contributed by atoms with Crippen molar-refractivity contribution in [3.63, 3.8) is 0 Å².